The summed E-state index contributed by atoms with van der Waals surface area (Å²) in [6.45, 7) is 0. The highest BCUT2D eigenvalue weighted by molar-refractivity contribution is 5.95. The first-order chi connectivity index (χ1) is 13.5. The van der Waals surface area contributed by atoms with E-state index in [0.29, 0.717) is 16.6 Å². The highest BCUT2D eigenvalue weighted by atomic mass is 16.2. The van der Waals surface area contributed by atoms with E-state index in [1.165, 1.54) is 11.1 Å². The third-order valence-electron chi connectivity index (χ3n) is 5.53. The number of hydrogen-bond acceptors (Lipinski definition) is 4. The number of hydrogen-bond donors (Lipinski definition) is 1. The van der Waals surface area contributed by atoms with Gasteiger partial charge in [0.2, 0.25) is 5.91 Å². The van der Waals surface area contributed by atoms with Crippen LogP contribution in [0.1, 0.15) is 42.5 Å². The smallest absolute Gasteiger partial charge is 0.346 e. The molecule has 0 spiro atoms. The number of nitrogens with two attached hydrogens (primary N) is 1. The van der Waals surface area contributed by atoms with Crippen molar-refractivity contribution in [3.8, 4) is 11.1 Å². The maximum absolute atomic E-state index is 13.0. The second-order valence-electron chi connectivity index (χ2n) is 7.34. The molecule has 7 heteroatoms. The molecule has 3 aromatic rings. The second kappa shape index (κ2) is 7.42. The van der Waals surface area contributed by atoms with Gasteiger partial charge in [0.1, 0.15) is 11.0 Å². The third kappa shape index (κ3) is 3.35. The minimum Gasteiger partial charge on any atom is -0.366 e. The SMILES string of the molecule is CN(C(=O)n1nnc2ccc(-c3cccc(C(N)=O)c3)cc21)C1CCCCC1. The Hall–Kier alpha value is -3.22. The lowest BCUT2D eigenvalue weighted by molar-refractivity contribution is 0.1000. The van der Waals surface area contributed by atoms with Gasteiger partial charge in [0.05, 0.1) is 0 Å². The fourth-order valence-corrected chi connectivity index (χ4v) is 3.87. The first-order valence-electron chi connectivity index (χ1n) is 9.57. The fourth-order valence-electron chi connectivity index (χ4n) is 3.87. The number of rotatable bonds is 3. The molecule has 0 radical (unpaired) electrons. The van der Waals surface area contributed by atoms with Crippen LogP contribution >= 0.6 is 0 Å². The summed E-state index contributed by atoms with van der Waals surface area (Å²) in [5, 5.41) is 8.23. The number of carbonyl (C=O) groups excluding carboxylic acids is 2. The molecule has 1 fully saturated rings. The number of primary amides is 1. The minimum absolute atomic E-state index is 0.169. The second-order valence-corrected chi connectivity index (χ2v) is 7.34. The van der Waals surface area contributed by atoms with Crippen molar-refractivity contribution in [3.63, 3.8) is 0 Å². The van der Waals surface area contributed by atoms with Crippen LogP contribution in [0.2, 0.25) is 0 Å². The van der Waals surface area contributed by atoms with Crippen molar-refractivity contribution in [3.05, 3.63) is 48.0 Å². The molecule has 7 nitrogen and oxygen atoms in total. The van der Waals surface area contributed by atoms with Crippen molar-refractivity contribution < 1.29 is 9.59 Å². The molecular weight excluding hydrogens is 354 g/mol. The lowest BCUT2D eigenvalue weighted by atomic mass is 9.95. The number of aromatic nitrogens is 3. The lowest BCUT2D eigenvalue weighted by Crippen LogP contribution is -2.41. The van der Waals surface area contributed by atoms with E-state index in [1.807, 2.05) is 31.3 Å². The lowest BCUT2D eigenvalue weighted by Gasteiger charge is -2.30. The molecule has 0 bridgehead atoms. The molecule has 2 amide bonds. The van der Waals surface area contributed by atoms with Crippen LogP contribution in [0.5, 0.6) is 0 Å². The molecule has 0 saturated heterocycles. The van der Waals surface area contributed by atoms with Crippen LogP contribution in [0, 0.1) is 0 Å². The van der Waals surface area contributed by atoms with E-state index in [-0.39, 0.29) is 12.1 Å². The summed E-state index contributed by atoms with van der Waals surface area (Å²) in [5.74, 6) is -0.473. The molecule has 1 aliphatic rings. The Labute approximate surface area is 163 Å². The van der Waals surface area contributed by atoms with Crippen molar-refractivity contribution in [2.24, 2.45) is 5.73 Å². The molecule has 2 N–H and O–H groups in total. The molecule has 144 valence electrons. The van der Waals surface area contributed by atoms with Gasteiger partial charge in [0.25, 0.3) is 0 Å². The van der Waals surface area contributed by atoms with Crippen LogP contribution in [0.3, 0.4) is 0 Å². The summed E-state index contributed by atoms with van der Waals surface area (Å²) < 4.78 is 1.37. The monoisotopic (exact) mass is 377 g/mol. The van der Waals surface area contributed by atoms with E-state index in [2.05, 4.69) is 10.3 Å². The average Bonchev–Trinajstić information content (AvgIpc) is 3.16. The zero-order valence-corrected chi connectivity index (χ0v) is 15.8. The van der Waals surface area contributed by atoms with Gasteiger partial charge in [-0.3, -0.25) is 4.79 Å². The van der Waals surface area contributed by atoms with E-state index >= 15 is 0 Å². The molecule has 0 atom stereocenters. The predicted octanol–water partition coefficient (Wildman–Crippen LogP) is 3.43. The largest absolute Gasteiger partial charge is 0.366 e. The quantitative estimate of drug-likeness (QED) is 0.756. The minimum atomic E-state index is -0.473. The van der Waals surface area contributed by atoms with Crippen molar-refractivity contribution in [2.45, 2.75) is 38.1 Å². The number of nitrogens with zero attached hydrogens (tertiary/aromatic N) is 4. The van der Waals surface area contributed by atoms with E-state index in [0.717, 1.165) is 36.8 Å². The normalized spacial score (nSPS) is 14.9. The van der Waals surface area contributed by atoms with Gasteiger partial charge in [-0.05, 0) is 48.2 Å². The van der Waals surface area contributed by atoms with Gasteiger partial charge in [0.15, 0.2) is 0 Å². The van der Waals surface area contributed by atoms with Crippen LogP contribution in [0.4, 0.5) is 4.79 Å². The van der Waals surface area contributed by atoms with E-state index < -0.39 is 5.91 Å². The van der Waals surface area contributed by atoms with E-state index in [4.69, 9.17) is 5.73 Å². The Morgan fingerprint density at radius 2 is 1.82 bits per heavy atom. The Bertz CT molecular complexity index is 1040. The summed E-state index contributed by atoms with van der Waals surface area (Å²) in [5.41, 5.74) is 8.85. The molecule has 1 aromatic heterocycles. The Morgan fingerprint density at radius 1 is 1.07 bits per heavy atom. The standard InChI is InChI=1S/C21H23N5O2/c1-25(17-8-3-2-4-9-17)21(28)26-19-13-15(10-11-18(19)23-24-26)14-6-5-7-16(12-14)20(22)27/h5-7,10-13,17H,2-4,8-9H2,1H3,(H2,22,27). The zero-order valence-electron chi connectivity index (χ0n) is 15.8. The number of amides is 2. The van der Waals surface area contributed by atoms with Gasteiger partial charge in [-0.25, -0.2) is 4.79 Å². The van der Waals surface area contributed by atoms with E-state index in [9.17, 15) is 9.59 Å². The predicted molar refractivity (Wildman–Crippen MR) is 107 cm³/mol. The van der Waals surface area contributed by atoms with Crippen LogP contribution in [0.15, 0.2) is 42.5 Å². The summed E-state index contributed by atoms with van der Waals surface area (Å²) in [7, 11) is 1.84. The van der Waals surface area contributed by atoms with Crippen LogP contribution in [-0.4, -0.2) is 44.9 Å². The first-order valence-corrected chi connectivity index (χ1v) is 9.57. The van der Waals surface area contributed by atoms with Gasteiger partial charge in [-0.15, -0.1) is 5.10 Å². The fraction of sp³-hybridized carbons (Fsp3) is 0.333. The molecule has 1 aliphatic carbocycles. The summed E-state index contributed by atoms with van der Waals surface area (Å²) >= 11 is 0. The number of carbonyl (C=O) groups is 2. The summed E-state index contributed by atoms with van der Waals surface area (Å²) in [6, 6.07) is 12.8. The van der Waals surface area contributed by atoms with Crippen LogP contribution < -0.4 is 5.73 Å². The highest BCUT2D eigenvalue weighted by Gasteiger charge is 2.25. The molecule has 0 aliphatic heterocycles. The maximum Gasteiger partial charge on any atom is 0.346 e. The van der Waals surface area contributed by atoms with E-state index in [1.54, 1.807) is 23.1 Å². The molecule has 1 heterocycles. The maximum atomic E-state index is 13.0. The first kappa shape index (κ1) is 18.2. The van der Waals surface area contributed by atoms with Crippen molar-refractivity contribution in [2.75, 3.05) is 7.05 Å². The molecule has 4 rings (SSSR count). The van der Waals surface area contributed by atoms with Crippen molar-refractivity contribution >= 4 is 23.0 Å². The van der Waals surface area contributed by atoms with Crippen LogP contribution in [-0.2, 0) is 0 Å². The number of benzene rings is 2. The Balaban J connectivity index is 1.69. The van der Waals surface area contributed by atoms with Gasteiger partial charge < -0.3 is 10.6 Å². The molecule has 28 heavy (non-hydrogen) atoms. The van der Waals surface area contributed by atoms with Gasteiger partial charge >= 0.3 is 6.03 Å². The Morgan fingerprint density at radius 3 is 2.57 bits per heavy atom. The van der Waals surface area contributed by atoms with Crippen molar-refractivity contribution in [1.82, 2.24) is 19.9 Å². The van der Waals surface area contributed by atoms with Crippen molar-refractivity contribution in [1.29, 1.82) is 0 Å². The average molecular weight is 377 g/mol. The van der Waals surface area contributed by atoms with Gasteiger partial charge in [-0.1, -0.05) is 42.7 Å². The molecule has 0 unspecified atom stereocenters. The topological polar surface area (TPSA) is 94.1 Å². The zero-order chi connectivity index (χ0) is 19.7. The third-order valence-corrected chi connectivity index (χ3v) is 5.53. The summed E-state index contributed by atoms with van der Waals surface area (Å²) in [6.07, 6.45) is 5.60. The van der Waals surface area contributed by atoms with Gasteiger partial charge in [0, 0.05) is 18.7 Å². The highest BCUT2D eigenvalue weighted by Crippen LogP contribution is 2.26. The van der Waals surface area contributed by atoms with Crippen LogP contribution in [0.25, 0.3) is 22.2 Å². The Kier molecular flexibility index (Phi) is 4.81. The van der Waals surface area contributed by atoms with Gasteiger partial charge in [-0.2, -0.15) is 4.68 Å². The summed E-state index contributed by atoms with van der Waals surface area (Å²) in [4.78, 5) is 26.3. The number of fused-ring (bicyclic) bond motifs is 1. The molecular formula is C21H23N5O2. The molecule has 1 saturated carbocycles. The molecule has 2 aromatic carbocycles.